The Morgan fingerprint density at radius 3 is 2.41 bits per heavy atom. The average Bonchev–Trinajstić information content (AvgIpc) is 2.67. The van der Waals surface area contributed by atoms with Crippen LogP contribution in [0.3, 0.4) is 0 Å². The number of halogens is 3. The van der Waals surface area contributed by atoms with Crippen LogP contribution >= 0.6 is 45.8 Å². The molecule has 144 valence electrons. The molecule has 0 spiro atoms. The van der Waals surface area contributed by atoms with Gasteiger partial charge in [0.25, 0.3) is 5.91 Å². The summed E-state index contributed by atoms with van der Waals surface area (Å²) in [6, 6.07) is 11.8. The van der Waals surface area contributed by atoms with Crippen LogP contribution in [0.15, 0.2) is 42.5 Å². The second-order valence-corrected chi connectivity index (χ2v) is 7.86. The Balaban J connectivity index is 2.14. The van der Waals surface area contributed by atoms with E-state index in [2.05, 4.69) is 27.9 Å². The molecule has 0 fully saturated rings. The van der Waals surface area contributed by atoms with Gasteiger partial charge in [0.15, 0.2) is 6.61 Å². The molecule has 2 aromatic carbocycles. The minimum Gasteiger partial charge on any atom is -0.484 e. The molecular formula is C19H19Cl2IN2O3. The lowest BCUT2D eigenvalue weighted by atomic mass is 10.1. The van der Waals surface area contributed by atoms with E-state index >= 15 is 0 Å². The molecule has 0 aliphatic heterocycles. The van der Waals surface area contributed by atoms with E-state index in [4.69, 9.17) is 27.9 Å². The van der Waals surface area contributed by atoms with E-state index in [9.17, 15) is 9.59 Å². The third-order valence-corrected chi connectivity index (χ3v) is 5.38. The van der Waals surface area contributed by atoms with Crippen LogP contribution in [-0.2, 0) is 16.1 Å². The van der Waals surface area contributed by atoms with E-state index in [1.54, 1.807) is 37.3 Å². The Kier molecular flexibility index (Phi) is 8.19. The number of likely N-dealkylation sites (N-methyl/N-ethyl adjacent to an activating group) is 1. The molecule has 2 amide bonds. The zero-order chi connectivity index (χ0) is 20.0. The fourth-order valence-corrected chi connectivity index (χ4v) is 3.07. The standard InChI is InChI=1S/C19H19Cl2IN2O3/c1-12(19(26)23-2)24(10-13-3-8-16(20)17(21)9-13)18(25)11-27-15-6-4-14(22)5-7-15/h3-9,12H,10-11H2,1-2H3,(H,23,26)/t12-/m1/s1. The van der Waals surface area contributed by atoms with Crippen LogP contribution in [0, 0.1) is 3.57 Å². The Morgan fingerprint density at radius 2 is 1.81 bits per heavy atom. The van der Waals surface area contributed by atoms with Gasteiger partial charge in [0.05, 0.1) is 10.0 Å². The van der Waals surface area contributed by atoms with Crippen molar-refractivity contribution in [2.45, 2.75) is 19.5 Å². The number of carbonyl (C=O) groups is 2. The largest absolute Gasteiger partial charge is 0.484 e. The molecule has 27 heavy (non-hydrogen) atoms. The topological polar surface area (TPSA) is 58.6 Å². The van der Waals surface area contributed by atoms with Crippen molar-refractivity contribution < 1.29 is 14.3 Å². The lowest BCUT2D eigenvalue weighted by Gasteiger charge is -2.28. The second kappa shape index (κ2) is 10.1. The molecule has 1 N–H and O–H groups in total. The third-order valence-electron chi connectivity index (χ3n) is 3.93. The van der Waals surface area contributed by atoms with Gasteiger partial charge < -0.3 is 15.0 Å². The number of amides is 2. The molecule has 0 aliphatic carbocycles. The van der Waals surface area contributed by atoms with Crippen LogP contribution in [0.25, 0.3) is 0 Å². The van der Waals surface area contributed by atoms with Crippen molar-refractivity contribution >= 4 is 57.6 Å². The van der Waals surface area contributed by atoms with Crippen LogP contribution in [0.2, 0.25) is 10.0 Å². The van der Waals surface area contributed by atoms with E-state index in [0.717, 1.165) is 9.13 Å². The number of carbonyl (C=O) groups excluding carboxylic acids is 2. The Hall–Kier alpha value is -1.51. The van der Waals surface area contributed by atoms with Crippen molar-refractivity contribution in [3.05, 3.63) is 61.6 Å². The highest BCUT2D eigenvalue weighted by molar-refractivity contribution is 14.1. The number of rotatable bonds is 7. The molecule has 0 heterocycles. The summed E-state index contributed by atoms with van der Waals surface area (Å²) < 4.78 is 6.64. The van der Waals surface area contributed by atoms with Gasteiger partial charge in [-0.15, -0.1) is 0 Å². The molecule has 0 radical (unpaired) electrons. The first-order valence-electron chi connectivity index (χ1n) is 8.15. The number of nitrogens with one attached hydrogen (secondary N) is 1. The highest BCUT2D eigenvalue weighted by Gasteiger charge is 2.26. The summed E-state index contributed by atoms with van der Waals surface area (Å²) in [5.74, 6) is 0.0132. The summed E-state index contributed by atoms with van der Waals surface area (Å²) in [4.78, 5) is 26.3. The van der Waals surface area contributed by atoms with Crippen LogP contribution in [0.5, 0.6) is 5.75 Å². The highest BCUT2D eigenvalue weighted by atomic mass is 127. The van der Waals surface area contributed by atoms with Crippen molar-refractivity contribution in [1.82, 2.24) is 10.2 Å². The van der Waals surface area contributed by atoms with Gasteiger partial charge >= 0.3 is 0 Å². The van der Waals surface area contributed by atoms with E-state index in [1.807, 2.05) is 12.1 Å². The number of benzene rings is 2. The van der Waals surface area contributed by atoms with Crippen LogP contribution in [0.4, 0.5) is 0 Å². The Bertz CT molecular complexity index is 815. The minimum atomic E-state index is -0.669. The van der Waals surface area contributed by atoms with E-state index in [1.165, 1.54) is 11.9 Å². The molecule has 1 atom stereocenters. The average molecular weight is 521 g/mol. The molecule has 8 heteroatoms. The van der Waals surface area contributed by atoms with Crippen molar-refractivity contribution in [1.29, 1.82) is 0 Å². The van der Waals surface area contributed by atoms with E-state index in [0.29, 0.717) is 15.8 Å². The molecule has 2 aromatic rings. The summed E-state index contributed by atoms with van der Waals surface area (Å²) >= 11 is 14.2. The van der Waals surface area contributed by atoms with Gasteiger partial charge in [0.1, 0.15) is 11.8 Å². The van der Waals surface area contributed by atoms with Gasteiger partial charge in [-0.3, -0.25) is 9.59 Å². The molecule has 0 aliphatic rings. The first-order valence-corrected chi connectivity index (χ1v) is 9.98. The highest BCUT2D eigenvalue weighted by Crippen LogP contribution is 2.24. The molecule has 0 saturated heterocycles. The van der Waals surface area contributed by atoms with Crippen molar-refractivity contribution in [3.8, 4) is 5.75 Å². The van der Waals surface area contributed by atoms with Gasteiger partial charge in [0, 0.05) is 17.2 Å². The molecule has 2 rings (SSSR count). The maximum atomic E-state index is 12.8. The summed E-state index contributed by atoms with van der Waals surface area (Å²) in [5, 5.41) is 3.39. The molecule has 0 unspecified atom stereocenters. The number of nitrogens with zero attached hydrogens (tertiary/aromatic N) is 1. The maximum absolute atomic E-state index is 12.8. The summed E-state index contributed by atoms with van der Waals surface area (Å²) in [6.45, 7) is 1.70. The summed E-state index contributed by atoms with van der Waals surface area (Å²) in [7, 11) is 1.53. The first-order chi connectivity index (χ1) is 12.8. The van der Waals surface area contributed by atoms with Gasteiger partial charge in [-0.05, 0) is 71.5 Å². The lowest BCUT2D eigenvalue weighted by Crippen LogP contribution is -2.48. The third kappa shape index (κ3) is 6.26. The number of ether oxygens (including phenoxy) is 1. The second-order valence-electron chi connectivity index (χ2n) is 5.80. The fraction of sp³-hybridized carbons (Fsp3) is 0.263. The Morgan fingerprint density at radius 1 is 1.15 bits per heavy atom. The molecule has 0 saturated carbocycles. The zero-order valence-corrected chi connectivity index (χ0v) is 18.5. The van der Waals surface area contributed by atoms with Gasteiger partial charge in [-0.25, -0.2) is 0 Å². The van der Waals surface area contributed by atoms with Crippen molar-refractivity contribution in [2.75, 3.05) is 13.7 Å². The van der Waals surface area contributed by atoms with Crippen LogP contribution in [0.1, 0.15) is 12.5 Å². The Labute approximate surface area is 182 Å². The van der Waals surface area contributed by atoms with Gasteiger partial charge in [0.2, 0.25) is 5.91 Å². The molecular weight excluding hydrogens is 502 g/mol. The molecule has 0 bridgehead atoms. The zero-order valence-electron chi connectivity index (χ0n) is 14.8. The van der Waals surface area contributed by atoms with Crippen LogP contribution in [-0.4, -0.2) is 36.4 Å². The van der Waals surface area contributed by atoms with E-state index < -0.39 is 6.04 Å². The van der Waals surface area contributed by atoms with E-state index in [-0.39, 0.29) is 25.0 Å². The maximum Gasteiger partial charge on any atom is 0.261 e. The van der Waals surface area contributed by atoms with Gasteiger partial charge in [-0.2, -0.15) is 0 Å². The lowest BCUT2D eigenvalue weighted by molar-refractivity contribution is -0.142. The van der Waals surface area contributed by atoms with Crippen LogP contribution < -0.4 is 10.1 Å². The fourth-order valence-electron chi connectivity index (χ4n) is 2.39. The normalized spacial score (nSPS) is 11.6. The molecule has 5 nitrogen and oxygen atoms in total. The SMILES string of the molecule is CNC(=O)[C@@H](C)N(Cc1ccc(Cl)c(Cl)c1)C(=O)COc1ccc(I)cc1. The van der Waals surface area contributed by atoms with Crippen molar-refractivity contribution in [2.24, 2.45) is 0 Å². The number of hydrogen-bond donors (Lipinski definition) is 1. The predicted molar refractivity (Wildman–Crippen MR) is 115 cm³/mol. The van der Waals surface area contributed by atoms with Crippen molar-refractivity contribution in [3.63, 3.8) is 0 Å². The van der Waals surface area contributed by atoms with Gasteiger partial charge in [-0.1, -0.05) is 29.3 Å². The predicted octanol–water partition coefficient (Wildman–Crippen LogP) is 4.14. The monoisotopic (exact) mass is 520 g/mol. The quantitative estimate of drug-likeness (QED) is 0.558. The summed E-state index contributed by atoms with van der Waals surface area (Å²) in [5.41, 5.74) is 0.766. The minimum absolute atomic E-state index is 0.177. The first kappa shape index (κ1) is 21.8. The number of hydrogen-bond acceptors (Lipinski definition) is 3. The smallest absolute Gasteiger partial charge is 0.261 e. The molecule has 0 aromatic heterocycles. The summed E-state index contributed by atoms with van der Waals surface area (Å²) in [6.07, 6.45) is 0.